The van der Waals surface area contributed by atoms with E-state index in [0.717, 1.165) is 16.5 Å². The molecule has 3 rings (SSSR count). The molecule has 0 aliphatic heterocycles. The molecule has 28 heavy (non-hydrogen) atoms. The maximum atomic E-state index is 12.8. The molecule has 0 bridgehead atoms. The van der Waals surface area contributed by atoms with Crippen molar-refractivity contribution >= 4 is 39.9 Å². The van der Waals surface area contributed by atoms with Crippen LogP contribution < -0.4 is 4.72 Å². The molecule has 0 radical (unpaired) electrons. The van der Waals surface area contributed by atoms with E-state index in [2.05, 4.69) is 57.0 Å². The first kappa shape index (κ1) is 22.4. The lowest BCUT2D eigenvalue weighted by Gasteiger charge is -2.35. The van der Waals surface area contributed by atoms with Gasteiger partial charge in [0.05, 0.1) is 18.6 Å². The van der Waals surface area contributed by atoms with Crippen LogP contribution in [0.5, 0.6) is 0 Å². The number of esters is 1. The normalized spacial score (nSPS) is 30.4. The zero-order valence-electron chi connectivity index (χ0n) is 17.6. The van der Waals surface area contributed by atoms with Crippen molar-refractivity contribution in [2.24, 2.45) is 11.8 Å². The lowest BCUT2D eigenvalue weighted by atomic mass is 9.88. The van der Waals surface area contributed by atoms with Gasteiger partial charge in [-0.05, 0) is 94.9 Å². The van der Waals surface area contributed by atoms with Gasteiger partial charge in [-0.1, -0.05) is 0 Å². The summed E-state index contributed by atoms with van der Waals surface area (Å²) in [5, 5.41) is 4.65. The number of carbonyl (C=O) groups is 1. The molecule has 2 unspecified atom stereocenters. The SMILES string of the molecule is CCOC(=O)CC1(N[S+]([O-])C(C)(C)C)C[C@@H]2[C@H](C1)[C@H]2c1cc(I)nn1C(C)C. The molecule has 1 N–H and O–H groups in total. The van der Waals surface area contributed by atoms with E-state index < -0.39 is 16.9 Å². The number of hydrogen-bond acceptors (Lipinski definition) is 5. The zero-order chi connectivity index (χ0) is 20.9. The van der Waals surface area contributed by atoms with Crippen LogP contribution in [0.15, 0.2) is 6.07 Å². The highest BCUT2D eigenvalue weighted by atomic mass is 127. The van der Waals surface area contributed by atoms with Gasteiger partial charge in [-0.2, -0.15) is 5.10 Å². The third kappa shape index (κ3) is 4.54. The Hall–Kier alpha value is -0.320. The van der Waals surface area contributed by atoms with Gasteiger partial charge >= 0.3 is 5.97 Å². The summed E-state index contributed by atoms with van der Waals surface area (Å²) < 4.78 is 24.2. The monoisotopic (exact) mass is 521 g/mol. The third-order valence-electron chi connectivity index (χ3n) is 5.80. The van der Waals surface area contributed by atoms with Gasteiger partial charge in [-0.3, -0.25) is 9.48 Å². The number of fused-ring (bicyclic) bond motifs is 1. The van der Waals surface area contributed by atoms with Gasteiger partial charge in [0.15, 0.2) is 0 Å². The van der Waals surface area contributed by atoms with Gasteiger partial charge < -0.3 is 9.29 Å². The fourth-order valence-electron chi connectivity index (χ4n) is 4.57. The first-order chi connectivity index (χ1) is 13.0. The molecule has 0 aromatic carbocycles. The molecular weight excluding hydrogens is 489 g/mol. The fraction of sp³-hybridized carbons (Fsp3) is 0.800. The molecule has 5 atom stereocenters. The number of ether oxygens (including phenoxy) is 1. The third-order valence-corrected chi connectivity index (χ3v) is 8.06. The average molecular weight is 521 g/mol. The Balaban J connectivity index is 1.77. The first-order valence-electron chi connectivity index (χ1n) is 10.1. The summed E-state index contributed by atoms with van der Waals surface area (Å²) >= 11 is 1.05. The smallest absolute Gasteiger partial charge is 0.307 e. The van der Waals surface area contributed by atoms with Crippen molar-refractivity contribution in [1.29, 1.82) is 0 Å². The summed E-state index contributed by atoms with van der Waals surface area (Å²) in [4.78, 5) is 12.3. The summed E-state index contributed by atoms with van der Waals surface area (Å²) in [7, 11) is 0. The number of carbonyl (C=O) groups excluding carboxylic acids is 1. The zero-order valence-corrected chi connectivity index (χ0v) is 20.6. The van der Waals surface area contributed by atoms with Gasteiger partial charge in [0.1, 0.15) is 8.45 Å². The van der Waals surface area contributed by atoms with Gasteiger partial charge in [-0.25, -0.2) is 0 Å². The summed E-state index contributed by atoms with van der Waals surface area (Å²) in [6, 6.07) is 2.52. The highest BCUT2D eigenvalue weighted by Crippen LogP contribution is 2.66. The van der Waals surface area contributed by atoms with E-state index in [-0.39, 0.29) is 17.1 Å². The van der Waals surface area contributed by atoms with Gasteiger partial charge in [-0.15, -0.1) is 4.72 Å². The minimum atomic E-state index is -1.22. The average Bonchev–Trinajstić information content (AvgIpc) is 2.89. The second kappa shape index (κ2) is 8.07. The molecule has 0 spiro atoms. The van der Waals surface area contributed by atoms with Crippen LogP contribution in [-0.4, -0.2) is 37.2 Å². The Labute approximate surface area is 185 Å². The summed E-state index contributed by atoms with van der Waals surface area (Å²) in [5.74, 6) is 1.28. The van der Waals surface area contributed by atoms with Crippen LogP contribution in [0.25, 0.3) is 0 Å². The molecule has 8 heteroatoms. The minimum absolute atomic E-state index is 0.208. The maximum Gasteiger partial charge on any atom is 0.307 e. The molecule has 2 aliphatic rings. The molecule has 158 valence electrons. The van der Waals surface area contributed by atoms with Gasteiger partial charge in [0, 0.05) is 29.0 Å². The van der Waals surface area contributed by atoms with E-state index in [0.29, 0.717) is 30.4 Å². The lowest BCUT2D eigenvalue weighted by molar-refractivity contribution is -0.144. The highest BCUT2D eigenvalue weighted by molar-refractivity contribution is 14.1. The second-order valence-electron chi connectivity index (χ2n) is 9.44. The van der Waals surface area contributed by atoms with Crippen molar-refractivity contribution in [3.63, 3.8) is 0 Å². The Morgan fingerprint density at radius 2 is 2.07 bits per heavy atom. The van der Waals surface area contributed by atoms with Crippen LogP contribution in [0, 0.1) is 15.5 Å². The van der Waals surface area contributed by atoms with Crippen LogP contribution in [-0.2, 0) is 20.9 Å². The Kier molecular flexibility index (Phi) is 6.45. The highest BCUT2D eigenvalue weighted by Gasteiger charge is 2.64. The van der Waals surface area contributed by atoms with E-state index in [1.807, 2.05) is 27.7 Å². The topological polar surface area (TPSA) is 79.2 Å². The molecule has 1 heterocycles. The maximum absolute atomic E-state index is 12.8. The van der Waals surface area contributed by atoms with Crippen molar-refractivity contribution in [2.75, 3.05) is 6.61 Å². The number of hydrogen-bond donors (Lipinski definition) is 1. The van der Waals surface area contributed by atoms with Crippen molar-refractivity contribution in [3.05, 3.63) is 15.5 Å². The Morgan fingerprint density at radius 1 is 1.46 bits per heavy atom. The predicted molar refractivity (Wildman–Crippen MR) is 119 cm³/mol. The number of rotatable bonds is 7. The number of nitrogens with zero attached hydrogens (tertiary/aromatic N) is 2. The van der Waals surface area contributed by atoms with Gasteiger partial charge in [0.2, 0.25) is 0 Å². The summed E-state index contributed by atoms with van der Waals surface area (Å²) in [6.07, 6.45) is 1.98. The molecule has 2 aliphatic carbocycles. The van der Waals surface area contributed by atoms with Crippen molar-refractivity contribution < 1.29 is 14.1 Å². The standard InChI is InChI=1S/C20H32IN3O3S/c1-7-27-17(25)11-20(23-28(26)19(4,5)6)9-13-14(10-20)18(13)15-8-16(21)22-24(15)12(2)3/h8,12-14,18,23H,7,9-11H2,1-6H3/t13-,14+,18+,20?,28?. The van der Waals surface area contributed by atoms with Gasteiger partial charge in [0.25, 0.3) is 0 Å². The van der Waals surface area contributed by atoms with Crippen molar-refractivity contribution in [2.45, 2.75) is 83.1 Å². The number of nitrogens with one attached hydrogen (secondary N) is 1. The van der Waals surface area contributed by atoms with Crippen LogP contribution in [0.4, 0.5) is 0 Å². The first-order valence-corrected chi connectivity index (χ1v) is 12.3. The molecule has 6 nitrogen and oxygen atoms in total. The summed E-state index contributed by atoms with van der Waals surface area (Å²) in [6.45, 7) is 12.4. The van der Waals surface area contributed by atoms with E-state index in [1.165, 1.54) is 5.69 Å². The van der Waals surface area contributed by atoms with Crippen LogP contribution in [0.3, 0.4) is 0 Å². The predicted octanol–water partition coefficient (Wildman–Crippen LogP) is 3.94. The van der Waals surface area contributed by atoms with Crippen molar-refractivity contribution in [1.82, 2.24) is 14.5 Å². The second-order valence-corrected chi connectivity index (χ2v) is 12.5. The minimum Gasteiger partial charge on any atom is -0.598 e. The molecule has 0 amide bonds. The molecular formula is C20H32IN3O3S. The van der Waals surface area contributed by atoms with Crippen LogP contribution >= 0.6 is 22.6 Å². The Morgan fingerprint density at radius 3 is 2.57 bits per heavy atom. The largest absolute Gasteiger partial charge is 0.598 e. The quantitative estimate of drug-likeness (QED) is 0.334. The number of aromatic nitrogens is 2. The van der Waals surface area contributed by atoms with E-state index in [4.69, 9.17) is 4.74 Å². The Bertz CT molecular complexity index is 719. The number of halogens is 1. The van der Waals surface area contributed by atoms with E-state index >= 15 is 0 Å². The summed E-state index contributed by atoms with van der Waals surface area (Å²) in [5.41, 5.74) is 0.863. The molecule has 1 aromatic heterocycles. The van der Waals surface area contributed by atoms with E-state index in [9.17, 15) is 9.35 Å². The van der Waals surface area contributed by atoms with E-state index in [1.54, 1.807) is 0 Å². The van der Waals surface area contributed by atoms with Crippen LogP contribution in [0.2, 0.25) is 0 Å². The van der Waals surface area contributed by atoms with Crippen LogP contribution in [0.1, 0.15) is 78.5 Å². The molecule has 2 fully saturated rings. The lowest BCUT2D eigenvalue weighted by Crippen LogP contribution is -2.54. The molecule has 2 saturated carbocycles. The molecule has 0 saturated heterocycles. The van der Waals surface area contributed by atoms with Crippen molar-refractivity contribution in [3.8, 4) is 0 Å². The fourth-order valence-corrected chi connectivity index (χ4v) is 6.06. The molecule has 1 aromatic rings.